The zero-order valence-electron chi connectivity index (χ0n) is 20.3. The summed E-state index contributed by atoms with van der Waals surface area (Å²) in [5.74, 6) is 9.47. The number of unbranched alkanes of at least 4 members (excludes halogenated alkanes) is 1. The second kappa shape index (κ2) is 13.5. The van der Waals surface area contributed by atoms with E-state index in [1.165, 1.54) is 57.8 Å². The van der Waals surface area contributed by atoms with Crippen molar-refractivity contribution in [2.75, 3.05) is 0 Å². The Balaban J connectivity index is 1.39. The predicted octanol–water partition coefficient (Wildman–Crippen LogP) is 8.10. The van der Waals surface area contributed by atoms with Crippen LogP contribution in [0.2, 0.25) is 0 Å². The summed E-state index contributed by atoms with van der Waals surface area (Å²) in [5, 5.41) is 0. The van der Waals surface area contributed by atoms with Crippen molar-refractivity contribution in [3.63, 3.8) is 0 Å². The van der Waals surface area contributed by atoms with Crippen LogP contribution in [0, 0.1) is 35.5 Å². The maximum absolute atomic E-state index is 12.5. The first kappa shape index (κ1) is 24.6. The van der Waals surface area contributed by atoms with Crippen molar-refractivity contribution < 1.29 is 9.53 Å². The third kappa shape index (κ3) is 8.16. The molecule has 2 nitrogen and oxygen atoms in total. The fourth-order valence-corrected chi connectivity index (χ4v) is 5.37. The number of rotatable bonds is 8. The summed E-state index contributed by atoms with van der Waals surface area (Å²) in [5.41, 5.74) is 0.956. The lowest BCUT2D eigenvalue weighted by molar-refractivity contribution is -0.140. The maximum Gasteiger partial charge on any atom is 0.314 e. The predicted molar refractivity (Wildman–Crippen MR) is 133 cm³/mol. The highest BCUT2D eigenvalue weighted by atomic mass is 16.5. The Morgan fingerprint density at radius 1 is 0.906 bits per heavy atom. The van der Waals surface area contributed by atoms with Gasteiger partial charge in [-0.05, 0) is 99.5 Å². The molecule has 2 heteroatoms. The van der Waals surface area contributed by atoms with Crippen molar-refractivity contribution in [2.24, 2.45) is 23.7 Å². The number of allylic oxidation sites excluding steroid dienone is 2. The Morgan fingerprint density at radius 3 is 2.22 bits per heavy atom. The van der Waals surface area contributed by atoms with Crippen LogP contribution >= 0.6 is 0 Å². The lowest BCUT2D eigenvalue weighted by Gasteiger charge is -2.26. The average Bonchev–Trinajstić information content (AvgIpc) is 2.83. The van der Waals surface area contributed by atoms with E-state index in [0.29, 0.717) is 11.7 Å². The molecule has 0 bridgehead atoms. The second-order valence-electron chi connectivity index (χ2n) is 10.0. The highest BCUT2D eigenvalue weighted by Crippen LogP contribution is 2.33. The number of carbonyl (C=O) groups is 1. The van der Waals surface area contributed by atoms with Crippen LogP contribution in [0.3, 0.4) is 0 Å². The largest absolute Gasteiger partial charge is 0.426 e. The Bertz CT molecular complexity index is 763. The third-order valence-electron chi connectivity index (χ3n) is 7.48. The summed E-state index contributed by atoms with van der Waals surface area (Å²) < 4.78 is 5.64. The van der Waals surface area contributed by atoms with E-state index >= 15 is 0 Å². The fraction of sp³-hybridized carbons (Fsp3) is 0.633. The average molecular weight is 435 g/mol. The van der Waals surface area contributed by atoms with E-state index < -0.39 is 0 Å². The van der Waals surface area contributed by atoms with Crippen LogP contribution in [0.1, 0.15) is 103 Å². The molecule has 0 aromatic heterocycles. The number of esters is 1. The Kier molecular flexibility index (Phi) is 10.4. The summed E-state index contributed by atoms with van der Waals surface area (Å²) in [6, 6.07) is 7.62. The Morgan fingerprint density at radius 2 is 1.56 bits per heavy atom. The van der Waals surface area contributed by atoms with Gasteiger partial charge >= 0.3 is 5.97 Å². The quantitative estimate of drug-likeness (QED) is 0.235. The molecule has 1 aromatic rings. The number of hydrogen-bond acceptors (Lipinski definition) is 2. The van der Waals surface area contributed by atoms with Crippen molar-refractivity contribution in [1.82, 2.24) is 0 Å². The van der Waals surface area contributed by atoms with Gasteiger partial charge in [-0.1, -0.05) is 63.9 Å². The first-order valence-electron chi connectivity index (χ1n) is 13.2. The van der Waals surface area contributed by atoms with E-state index in [9.17, 15) is 4.79 Å². The molecule has 0 unspecified atom stereocenters. The van der Waals surface area contributed by atoms with Crippen LogP contribution in [0.5, 0.6) is 5.75 Å². The lowest BCUT2D eigenvalue weighted by Crippen LogP contribution is -2.25. The zero-order valence-corrected chi connectivity index (χ0v) is 20.3. The van der Waals surface area contributed by atoms with Crippen LogP contribution in [0.25, 0.3) is 0 Å². The molecule has 32 heavy (non-hydrogen) atoms. The van der Waals surface area contributed by atoms with Crippen LogP contribution in [0.4, 0.5) is 0 Å². The minimum absolute atomic E-state index is 0.0638. The van der Waals surface area contributed by atoms with E-state index in [2.05, 4.69) is 31.8 Å². The van der Waals surface area contributed by atoms with Crippen molar-refractivity contribution in [3.8, 4) is 17.6 Å². The topological polar surface area (TPSA) is 26.3 Å². The van der Waals surface area contributed by atoms with Gasteiger partial charge in [0.05, 0.1) is 5.92 Å². The molecule has 2 aliphatic rings. The van der Waals surface area contributed by atoms with Crippen molar-refractivity contribution in [1.29, 1.82) is 0 Å². The molecule has 2 aliphatic carbocycles. The molecule has 3 rings (SSSR count). The molecule has 0 amide bonds. The second-order valence-corrected chi connectivity index (χ2v) is 10.0. The summed E-state index contributed by atoms with van der Waals surface area (Å²) in [4.78, 5) is 12.5. The first-order chi connectivity index (χ1) is 15.7. The van der Waals surface area contributed by atoms with Gasteiger partial charge in [0, 0.05) is 5.56 Å². The monoisotopic (exact) mass is 434 g/mol. The van der Waals surface area contributed by atoms with E-state index in [-0.39, 0.29) is 11.9 Å². The molecule has 0 heterocycles. The molecule has 0 spiro atoms. The minimum Gasteiger partial charge on any atom is -0.426 e. The molecule has 2 fully saturated rings. The molecular weight excluding hydrogens is 392 g/mol. The maximum atomic E-state index is 12.5. The van der Waals surface area contributed by atoms with E-state index in [0.717, 1.165) is 43.1 Å². The van der Waals surface area contributed by atoms with Crippen molar-refractivity contribution >= 4 is 5.97 Å². The molecule has 0 saturated heterocycles. The number of ether oxygens (including phenoxy) is 1. The SMILES string of the molecule is CCCCC1CCC(C=CC#Cc2ccc(OC(=O)C3CCC(CCC)CC3)cc2)CC1. The van der Waals surface area contributed by atoms with Gasteiger partial charge in [0.25, 0.3) is 0 Å². The van der Waals surface area contributed by atoms with Gasteiger partial charge in [-0.15, -0.1) is 0 Å². The molecule has 1 aromatic carbocycles. The molecular formula is C30H42O2. The summed E-state index contributed by atoms with van der Waals surface area (Å²) in [6.07, 6.45) is 20.6. The summed E-state index contributed by atoms with van der Waals surface area (Å²) >= 11 is 0. The van der Waals surface area contributed by atoms with Crippen molar-refractivity contribution in [3.05, 3.63) is 42.0 Å². The van der Waals surface area contributed by atoms with E-state index in [1.807, 2.05) is 30.3 Å². The smallest absolute Gasteiger partial charge is 0.314 e. The Hall–Kier alpha value is -2.01. The zero-order chi connectivity index (χ0) is 22.6. The van der Waals surface area contributed by atoms with Gasteiger partial charge in [0.2, 0.25) is 0 Å². The summed E-state index contributed by atoms with van der Waals surface area (Å²) in [7, 11) is 0. The van der Waals surface area contributed by atoms with Crippen molar-refractivity contribution in [2.45, 2.75) is 97.3 Å². The standard InChI is InChI=1S/C30H42O2/c1-3-5-9-25-12-14-26(15-13-25)10-6-7-11-27-18-22-29(23-19-27)32-30(31)28-20-16-24(8-4-2)17-21-28/h6,10,18-19,22-26,28H,3-5,8-9,12-17,20-21H2,1-2H3. The number of benzene rings is 1. The molecule has 0 N–H and O–H groups in total. The molecule has 0 aliphatic heterocycles. The summed E-state index contributed by atoms with van der Waals surface area (Å²) in [6.45, 7) is 4.53. The minimum atomic E-state index is -0.0638. The van der Waals surface area contributed by atoms with Gasteiger partial charge in [-0.3, -0.25) is 4.79 Å². The third-order valence-corrected chi connectivity index (χ3v) is 7.48. The normalized spacial score (nSPS) is 25.8. The highest BCUT2D eigenvalue weighted by molar-refractivity contribution is 5.75. The van der Waals surface area contributed by atoms with E-state index in [4.69, 9.17) is 4.74 Å². The van der Waals surface area contributed by atoms with Crippen LogP contribution in [-0.2, 0) is 4.79 Å². The van der Waals surface area contributed by atoms with E-state index in [1.54, 1.807) is 0 Å². The number of carbonyl (C=O) groups excluding carboxylic acids is 1. The van der Waals surface area contributed by atoms with Gasteiger partial charge in [0.15, 0.2) is 0 Å². The number of hydrogen-bond donors (Lipinski definition) is 0. The van der Waals surface area contributed by atoms with Crippen LogP contribution in [0.15, 0.2) is 36.4 Å². The van der Waals surface area contributed by atoms with Gasteiger partial charge in [-0.2, -0.15) is 0 Å². The van der Waals surface area contributed by atoms with Crippen LogP contribution < -0.4 is 4.74 Å². The molecule has 0 atom stereocenters. The first-order valence-corrected chi connectivity index (χ1v) is 13.2. The lowest BCUT2D eigenvalue weighted by atomic mass is 9.80. The van der Waals surface area contributed by atoms with Gasteiger partial charge < -0.3 is 4.74 Å². The van der Waals surface area contributed by atoms with Crippen LogP contribution in [-0.4, -0.2) is 5.97 Å². The fourth-order valence-electron chi connectivity index (χ4n) is 5.37. The van der Waals surface area contributed by atoms with Gasteiger partial charge in [-0.25, -0.2) is 0 Å². The highest BCUT2D eigenvalue weighted by Gasteiger charge is 2.27. The molecule has 0 radical (unpaired) electrons. The Labute approximate surface area is 196 Å². The molecule has 174 valence electrons. The van der Waals surface area contributed by atoms with Gasteiger partial charge in [0.1, 0.15) is 5.75 Å². The molecule has 2 saturated carbocycles.